The van der Waals surface area contributed by atoms with Crippen LogP contribution in [0.3, 0.4) is 0 Å². The topological polar surface area (TPSA) is 49.3 Å². The fraction of sp³-hybridized carbons (Fsp3) is 0.857. The van der Waals surface area contributed by atoms with Crippen molar-refractivity contribution in [3.63, 3.8) is 0 Å². The van der Waals surface area contributed by atoms with Gasteiger partial charge in [0.15, 0.2) is 0 Å². The van der Waals surface area contributed by atoms with Crippen molar-refractivity contribution in [2.75, 3.05) is 6.61 Å². The molecule has 1 unspecified atom stereocenters. The first-order valence-corrected chi connectivity index (χ1v) is 10.6. The van der Waals surface area contributed by atoms with Crippen LogP contribution in [0.4, 0.5) is 0 Å². The number of hydrogen-bond donors (Lipinski definition) is 2. The predicted octanol–water partition coefficient (Wildman–Crippen LogP) is 4.22. The van der Waals surface area contributed by atoms with E-state index in [1.54, 1.807) is 0 Å². The van der Waals surface area contributed by atoms with Crippen LogP contribution in [0.2, 0.25) is 0 Å². The Balaban J connectivity index is 1.88. The molecule has 1 rings (SSSR count). The molecule has 0 saturated carbocycles. The first-order chi connectivity index (χ1) is 12.3. The van der Waals surface area contributed by atoms with Crippen LogP contribution in [0.15, 0.2) is 18.7 Å². The third-order valence-electron chi connectivity index (χ3n) is 4.92. The van der Waals surface area contributed by atoms with Crippen LogP contribution in [-0.4, -0.2) is 27.5 Å². The molecule has 0 saturated heterocycles. The molecule has 1 heterocycles. The maximum atomic E-state index is 10.1. The van der Waals surface area contributed by atoms with Crippen LogP contribution in [0.5, 0.6) is 0 Å². The molecule has 0 aromatic carbocycles. The molecule has 0 aliphatic rings. The average Bonchev–Trinajstić information content (AvgIpc) is 3.03. The molecule has 0 aliphatic carbocycles. The standard InChI is InChI=1S/C21H41N2O2/c1-2-3-4-5-6-7-8-9-10-11-12-13-14-21(25)19-23-16-15-22(20-23)17-18-24/h15-16,20-21,24-25H,2-14,17-19H2,1H3/q+1. The number of imidazole rings is 1. The van der Waals surface area contributed by atoms with E-state index in [1.165, 1.54) is 70.6 Å². The van der Waals surface area contributed by atoms with Gasteiger partial charge in [0.25, 0.3) is 0 Å². The van der Waals surface area contributed by atoms with Gasteiger partial charge < -0.3 is 10.2 Å². The maximum Gasteiger partial charge on any atom is 0.243 e. The van der Waals surface area contributed by atoms with E-state index in [4.69, 9.17) is 5.11 Å². The Bertz CT molecular complexity index is 406. The van der Waals surface area contributed by atoms with E-state index >= 15 is 0 Å². The summed E-state index contributed by atoms with van der Waals surface area (Å²) in [6, 6.07) is 0. The smallest absolute Gasteiger partial charge is 0.243 e. The van der Waals surface area contributed by atoms with E-state index in [0.717, 1.165) is 12.8 Å². The molecule has 146 valence electrons. The largest absolute Gasteiger partial charge is 0.392 e. The Morgan fingerprint density at radius 3 is 2.00 bits per heavy atom. The minimum atomic E-state index is -0.266. The summed E-state index contributed by atoms with van der Waals surface area (Å²) < 4.78 is 3.94. The Hall–Kier alpha value is -0.870. The molecule has 1 atom stereocenters. The number of aliphatic hydroxyl groups excluding tert-OH is 2. The van der Waals surface area contributed by atoms with Crippen LogP contribution in [0, 0.1) is 0 Å². The van der Waals surface area contributed by atoms with Crippen molar-refractivity contribution in [2.24, 2.45) is 0 Å². The molecule has 4 nitrogen and oxygen atoms in total. The van der Waals surface area contributed by atoms with E-state index in [2.05, 4.69) is 6.92 Å². The maximum absolute atomic E-state index is 10.1. The lowest BCUT2D eigenvalue weighted by molar-refractivity contribution is -0.703. The van der Waals surface area contributed by atoms with E-state index in [9.17, 15) is 5.11 Å². The number of unbranched alkanes of at least 4 members (excludes halogenated alkanes) is 11. The highest BCUT2D eigenvalue weighted by atomic mass is 16.3. The van der Waals surface area contributed by atoms with Crippen molar-refractivity contribution in [2.45, 2.75) is 110 Å². The van der Waals surface area contributed by atoms with E-state index in [-0.39, 0.29) is 12.7 Å². The molecular weight excluding hydrogens is 312 g/mol. The highest BCUT2D eigenvalue weighted by molar-refractivity contribution is 4.66. The average molecular weight is 354 g/mol. The van der Waals surface area contributed by atoms with E-state index in [1.807, 2.05) is 27.9 Å². The van der Waals surface area contributed by atoms with Gasteiger partial charge in [-0.2, -0.15) is 0 Å². The Kier molecular flexibility index (Phi) is 13.6. The first-order valence-electron chi connectivity index (χ1n) is 10.6. The molecule has 2 N–H and O–H groups in total. The fourth-order valence-corrected chi connectivity index (χ4v) is 3.35. The molecule has 1 aromatic rings. The minimum Gasteiger partial charge on any atom is -0.392 e. The van der Waals surface area contributed by atoms with Crippen molar-refractivity contribution >= 4 is 0 Å². The summed E-state index contributed by atoms with van der Waals surface area (Å²) in [6.45, 7) is 3.68. The molecule has 25 heavy (non-hydrogen) atoms. The molecular formula is C21H41N2O2+. The van der Waals surface area contributed by atoms with Gasteiger partial charge in [-0.15, -0.1) is 0 Å². The van der Waals surface area contributed by atoms with Crippen LogP contribution < -0.4 is 4.57 Å². The molecule has 0 aliphatic heterocycles. The van der Waals surface area contributed by atoms with Gasteiger partial charge in [-0.25, -0.2) is 9.13 Å². The second kappa shape index (κ2) is 15.4. The number of aromatic nitrogens is 2. The van der Waals surface area contributed by atoms with Crippen molar-refractivity contribution in [3.05, 3.63) is 18.7 Å². The van der Waals surface area contributed by atoms with Gasteiger partial charge in [-0.1, -0.05) is 84.0 Å². The summed E-state index contributed by atoms with van der Waals surface area (Å²) >= 11 is 0. The quantitative estimate of drug-likeness (QED) is 0.325. The van der Waals surface area contributed by atoms with E-state index < -0.39 is 0 Å². The zero-order valence-electron chi connectivity index (χ0n) is 16.4. The number of nitrogens with zero attached hydrogens (tertiary/aromatic N) is 2. The number of rotatable bonds is 17. The highest BCUT2D eigenvalue weighted by Crippen LogP contribution is 2.13. The third kappa shape index (κ3) is 12.2. The summed E-state index contributed by atoms with van der Waals surface area (Å²) in [5, 5.41) is 19.0. The second-order valence-corrected chi connectivity index (χ2v) is 7.40. The van der Waals surface area contributed by atoms with Crippen molar-refractivity contribution < 1.29 is 14.8 Å². The Morgan fingerprint density at radius 1 is 0.880 bits per heavy atom. The molecule has 4 heteroatoms. The van der Waals surface area contributed by atoms with Crippen LogP contribution >= 0.6 is 0 Å². The molecule has 0 radical (unpaired) electrons. The normalized spacial score (nSPS) is 12.6. The SMILES string of the molecule is CCCCCCCCCCCCCCC(O)C[n+]1ccn(CCO)c1. The molecule has 0 bridgehead atoms. The lowest BCUT2D eigenvalue weighted by atomic mass is 10.0. The summed E-state index contributed by atoms with van der Waals surface area (Å²) in [7, 11) is 0. The fourth-order valence-electron chi connectivity index (χ4n) is 3.35. The third-order valence-corrected chi connectivity index (χ3v) is 4.92. The van der Waals surface area contributed by atoms with Gasteiger partial charge in [0.1, 0.15) is 25.5 Å². The van der Waals surface area contributed by atoms with Gasteiger partial charge in [0.2, 0.25) is 6.33 Å². The second-order valence-electron chi connectivity index (χ2n) is 7.40. The first kappa shape index (κ1) is 22.2. The van der Waals surface area contributed by atoms with Crippen molar-refractivity contribution in [1.29, 1.82) is 0 Å². The number of hydrogen-bond acceptors (Lipinski definition) is 2. The minimum absolute atomic E-state index is 0.149. The summed E-state index contributed by atoms with van der Waals surface area (Å²) in [5.74, 6) is 0. The predicted molar refractivity (Wildman–Crippen MR) is 103 cm³/mol. The van der Waals surface area contributed by atoms with Gasteiger partial charge >= 0.3 is 0 Å². The van der Waals surface area contributed by atoms with Gasteiger partial charge in [0.05, 0.1) is 12.7 Å². The Labute approximate surface area is 154 Å². The van der Waals surface area contributed by atoms with Crippen molar-refractivity contribution in [3.8, 4) is 0 Å². The van der Waals surface area contributed by atoms with E-state index in [0.29, 0.717) is 13.1 Å². The highest BCUT2D eigenvalue weighted by Gasteiger charge is 2.10. The number of aliphatic hydroxyl groups is 2. The Morgan fingerprint density at radius 2 is 1.44 bits per heavy atom. The molecule has 0 fully saturated rings. The van der Waals surface area contributed by atoms with Crippen LogP contribution in [0.25, 0.3) is 0 Å². The zero-order valence-corrected chi connectivity index (χ0v) is 16.4. The van der Waals surface area contributed by atoms with Crippen LogP contribution in [0.1, 0.15) is 90.4 Å². The molecule has 0 spiro atoms. The van der Waals surface area contributed by atoms with Gasteiger partial charge in [0, 0.05) is 0 Å². The lowest BCUT2D eigenvalue weighted by Gasteiger charge is -2.08. The summed E-state index contributed by atoms with van der Waals surface area (Å²) in [6.07, 6.45) is 22.7. The summed E-state index contributed by atoms with van der Waals surface area (Å²) in [5.41, 5.74) is 0. The monoisotopic (exact) mass is 353 g/mol. The van der Waals surface area contributed by atoms with Gasteiger partial charge in [-0.3, -0.25) is 0 Å². The molecule has 0 amide bonds. The van der Waals surface area contributed by atoms with Gasteiger partial charge in [-0.05, 0) is 6.42 Å². The van der Waals surface area contributed by atoms with Crippen molar-refractivity contribution in [1.82, 2.24) is 4.57 Å². The van der Waals surface area contributed by atoms with Crippen LogP contribution in [-0.2, 0) is 13.1 Å². The zero-order chi connectivity index (χ0) is 18.2. The summed E-state index contributed by atoms with van der Waals surface area (Å²) in [4.78, 5) is 0. The molecule has 1 aromatic heterocycles. The lowest BCUT2D eigenvalue weighted by Crippen LogP contribution is -2.38.